The molecule has 1 aromatic carbocycles. The van der Waals surface area contributed by atoms with Crippen LogP contribution in [0.2, 0.25) is 0 Å². The molecule has 0 unspecified atom stereocenters. The van der Waals surface area contributed by atoms with Crippen molar-refractivity contribution in [1.82, 2.24) is 15.3 Å². The van der Waals surface area contributed by atoms with Gasteiger partial charge in [-0.3, -0.25) is 0 Å². The SMILES string of the molecule is COCCNCc1cnc(C(C)(C)c2ccccc2)nc1. The van der Waals surface area contributed by atoms with Crippen molar-refractivity contribution in [3.8, 4) is 0 Å². The van der Waals surface area contributed by atoms with Crippen LogP contribution in [0.1, 0.15) is 30.8 Å². The van der Waals surface area contributed by atoms with E-state index in [9.17, 15) is 0 Å². The van der Waals surface area contributed by atoms with Gasteiger partial charge in [0.25, 0.3) is 0 Å². The molecule has 1 heterocycles. The summed E-state index contributed by atoms with van der Waals surface area (Å²) in [5, 5.41) is 3.29. The summed E-state index contributed by atoms with van der Waals surface area (Å²) in [6.07, 6.45) is 3.79. The molecule has 0 aliphatic heterocycles. The van der Waals surface area contributed by atoms with Gasteiger partial charge in [0, 0.05) is 43.6 Å². The maximum Gasteiger partial charge on any atom is 0.138 e. The Morgan fingerprint density at radius 3 is 2.38 bits per heavy atom. The van der Waals surface area contributed by atoms with Gasteiger partial charge in [0.05, 0.1) is 6.61 Å². The van der Waals surface area contributed by atoms with E-state index in [0.29, 0.717) is 6.61 Å². The number of rotatable bonds is 7. The molecule has 0 aliphatic rings. The molecule has 0 radical (unpaired) electrons. The van der Waals surface area contributed by atoms with Gasteiger partial charge >= 0.3 is 0 Å². The summed E-state index contributed by atoms with van der Waals surface area (Å²) in [5.74, 6) is 0.842. The molecule has 4 heteroatoms. The minimum Gasteiger partial charge on any atom is -0.383 e. The molecule has 1 aromatic heterocycles. The molecular formula is C17H23N3O. The van der Waals surface area contributed by atoms with E-state index in [-0.39, 0.29) is 5.41 Å². The van der Waals surface area contributed by atoms with Crippen LogP contribution in [0.25, 0.3) is 0 Å². The monoisotopic (exact) mass is 285 g/mol. The van der Waals surface area contributed by atoms with E-state index >= 15 is 0 Å². The van der Waals surface area contributed by atoms with Crippen molar-refractivity contribution in [2.75, 3.05) is 20.3 Å². The smallest absolute Gasteiger partial charge is 0.138 e. The number of ether oxygens (including phenoxy) is 1. The molecular weight excluding hydrogens is 262 g/mol. The van der Waals surface area contributed by atoms with Gasteiger partial charge in [-0.1, -0.05) is 30.3 Å². The van der Waals surface area contributed by atoms with Gasteiger partial charge in [-0.15, -0.1) is 0 Å². The Kier molecular flexibility index (Phi) is 5.42. The highest BCUT2D eigenvalue weighted by Gasteiger charge is 2.25. The summed E-state index contributed by atoms with van der Waals surface area (Å²) in [5.41, 5.74) is 2.11. The predicted octanol–water partition coefficient (Wildman–Crippen LogP) is 2.54. The molecule has 0 atom stereocenters. The normalized spacial score (nSPS) is 11.6. The zero-order valence-corrected chi connectivity index (χ0v) is 13.0. The summed E-state index contributed by atoms with van der Waals surface area (Å²) in [6.45, 7) is 6.59. The average Bonchev–Trinajstić information content (AvgIpc) is 2.53. The fraction of sp³-hybridized carbons (Fsp3) is 0.412. The number of aromatic nitrogens is 2. The lowest BCUT2D eigenvalue weighted by atomic mass is 9.84. The Balaban J connectivity index is 2.04. The van der Waals surface area contributed by atoms with Crippen LogP contribution in [0.5, 0.6) is 0 Å². The maximum atomic E-state index is 5.00. The fourth-order valence-electron chi connectivity index (χ4n) is 2.16. The van der Waals surface area contributed by atoms with Crippen molar-refractivity contribution in [2.45, 2.75) is 25.8 Å². The quantitative estimate of drug-likeness (QED) is 0.794. The molecule has 0 fully saturated rings. The van der Waals surface area contributed by atoms with E-state index in [1.807, 2.05) is 30.6 Å². The van der Waals surface area contributed by atoms with Crippen molar-refractivity contribution in [3.63, 3.8) is 0 Å². The number of benzene rings is 1. The first-order chi connectivity index (χ1) is 10.1. The van der Waals surface area contributed by atoms with Crippen LogP contribution in [-0.2, 0) is 16.7 Å². The molecule has 0 amide bonds. The minimum absolute atomic E-state index is 0.191. The van der Waals surface area contributed by atoms with Crippen molar-refractivity contribution in [1.29, 1.82) is 0 Å². The molecule has 0 saturated carbocycles. The summed E-state index contributed by atoms with van der Waals surface area (Å²) in [4.78, 5) is 9.09. The Bertz CT molecular complexity index is 538. The van der Waals surface area contributed by atoms with E-state index in [0.717, 1.165) is 24.5 Å². The maximum absolute atomic E-state index is 5.00. The van der Waals surface area contributed by atoms with Crippen LogP contribution >= 0.6 is 0 Å². The lowest BCUT2D eigenvalue weighted by Crippen LogP contribution is -2.23. The molecule has 0 saturated heterocycles. The highest BCUT2D eigenvalue weighted by Crippen LogP contribution is 2.28. The summed E-state index contributed by atoms with van der Waals surface area (Å²) < 4.78 is 5.00. The van der Waals surface area contributed by atoms with E-state index in [4.69, 9.17) is 4.74 Å². The van der Waals surface area contributed by atoms with Gasteiger partial charge in [0.2, 0.25) is 0 Å². The number of nitrogens with one attached hydrogen (secondary N) is 1. The lowest BCUT2D eigenvalue weighted by molar-refractivity contribution is 0.199. The van der Waals surface area contributed by atoms with E-state index < -0.39 is 0 Å². The van der Waals surface area contributed by atoms with Gasteiger partial charge < -0.3 is 10.1 Å². The summed E-state index contributed by atoms with van der Waals surface area (Å²) >= 11 is 0. The third kappa shape index (κ3) is 4.09. The van der Waals surface area contributed by atoms with Crippen LogP contribution in [-0.4, -0.2) is 30.2 Å². The second kappa shape index (κ2) is 7.29. The lowest BCUT2D eigenvalue weighted by Gasteiger charge is -2.23. The second-order valence-corrected chi connectivity index (χ2v) is 5.58. The van der Waals surface area contributed by atoms with Crippen LogP contribution in [0.3, 0.4) is 0 Å². The van der Waals surface area contributed by atoms with E-state index in [1.54, 1.807) is 7.11 Å². The molecule has 0 bridgehead atoms. The highest BCUT2D eigenvalue weighted by molar-refractivity contribution is 5.30. The first-order valence-corrected chi connectivity index (χ1v) is 7.21. The molecule has 0 aliphatic carbocycles. The van der Waals surface area contributed by atoms with Gasteiger partial charge in [0.15, 0.2) is 0 Å². The third-order valence-corrected chi connectivity index (χ3v) is 3.57. The molecule has 4 nitrogen and oxygen atoms in total. The molecule has 0 spiro atoms. The zero-order chi connectivity index (χ0) is 15.1. The molecule has 1 N–H and O–H groups in total. The number of hydrogen-bond acceptors (Lipinski definition) is 4. The molecule has 21 heavy (non-hydrogen) atoms. The minimum atomic E-state index is -0.191. The zero-order valence-electron chi connectivity index (χ0n) is 13.0. The topological polar surface area (TPSA) is 47.0 Å². The molecule has 2 rings (SSSR count). The van der Waals surface area contributed by atoms with E-state index in [2.05, 4.69) is 41.3 Å². The summed E-state index contributed by atoms with van der Waals surface area (Å²) in [7, 11) is 1.70. The molecule has 2 aromatic rings. The van der Waals surface area contributed by atoms with Crippen LogP contribution in [0, 0.1) is 0 Å². The van der Waals surface area contributed by atoms with Gasteiger partial charge in [-0.25, -0.2) is 9.97 Å². The Hall–Kier alpha value is -1.78. The van der Waals surface area contributed by atoms with Crippen molar-refractivity contribution in [2.24, 2.45) is 0 Å². The fourth-order valence-corrected chi connectivity index (χ4v) is 2.16. The Morgan fingerprint density at radius 1 is 1.10 bits per heavy atom. The van der Waals surface area contributed by atoms with Gasteiger partial charge in [0.1, 0.15) is 5.82 Å². The Labute approximate surface area is 126 Å². The van der Waals surface area contributed by atoms with Crippen molar-refractivity contribution >= 4 is 0 Å². The van der Waals surface area contributed by atoms with Gasteiger partial charge in [-0.05, 0) is 19.4 Å². The van der Waals surface area contributed by atoms with E-state index in [1.165, 1.54) is 5.56 Å². The summed E-state index contributed by atoms with van der Waals surface area (Å²) in [6, 6.07) is 10.3. The third-order valence-electron chi connectivity index (χ3n) is 3.57. The molecule has 112 valence electrons. The average molecular weight is 285 g/mol. The van der Waals surface area contributed by atoms with Crippen LogP contribution in [0.4, 0.5) is 0 Å². The van der Waals surface area contributed by atoms with Crippen LogP contribution in [0.15, 0.2) is 42.7 Å². The first-order valence-electron chi connectivity index (χ1n) is 7.21. The number of nitrogens with zero attached hydrogens (tertiary/aromatic N) is 2. The highest BCUT2D eigenvalue weighted by atomic mass is 16.5. The first kappa shape index (κ1) is 15.6. The standard InChI is InChI=1S/C17H23N3O/c1-17(2,15-7-5-4-6-8-15)16-19-12-14(13-20-16)11-18-9-10-21-3/h4-8,12-13,18H,9-11H2,1-3H3. The Morgan fingerprint density at radius 2 is 1.76 bits per heavy atom. The van der Waals surface area contributed by atoms with Crippen molar-refractivity contribution < 1.29 is 4.74 Å². The van der Waals surface area contributed by atoms with Crippen LogP contribution < -0.4 is 5.32 Å². The second-order valence-electron chi connectivity index (χ2n) is 5.58. The largest absolute Gasteiger partial charge is 0.383 e. The van der Waals surface area contributed by atoms with Crippen molar-refractivity contribution in [3.05, 3.63) is 59.7 Å². The predicted molar refractivity (Wildman–Crippen MR) is 84.2 cm³/mol. The van der Waals surface area contributed by atoms with Gasteiger partial charge in [-0.2, -0.15) is 0 Å². The number of methoxy groups -OCH3 is 1. The number of hydrogen-bond donors (Lipinski definition) is 1.